The zero-order valence-corrected chi connectivity index (χ0v) is 9.73. The quantitative estimate of drug-likeness (QED) is 0.374. The molecule has 0 saturated carbocycles. The monoisotopic (exact) mass is 253 g/mol. The van der Waals surface area contributed by atoms with Gasteiger partial charge in [-0.05, 0) is 25.1 Å². The maximum absolute atomic E-state index is 13.4. The van der Waals surface area contributed by atoms with Crippen molar-refractivity contribution in [2.24, 2.45) is 10.8 Å². The predicted molar refractivity (Wildman–Crippen MR) is 65.7 cm³/mol. The number of allylic oxidation sites excluding steroid dienone is 1. The van der Waals surface area contributed by atoms with E-state index in [9.17, 15) is 8.78 Å². The van der Waals surface area contributed by atoms with Crippen LogP contribution in [0.5, 0.6) is 5.75 Å². The summed E-state index contributed by atoms with van der Waals surface area (Å²) in [4.78, 5) is 3.86. The zero-order chi connectivity index (χ0) is 13.4. The molecule has 0 aliphatic rings. The molecule has 1 rings (SSSR count). The van der Waals surface area contributed by atoms with Crippen LogP contribution in [0.3, 0.4) is 0 Å². The van der Waals surface area contributed by atoms with Crippen LogP contribution in [-0.4, -0.2) is 5.90 Å². The van der Waals surface area contributed by atoms with Crippen LogP contribution in [0, 0.1) is 11.6 Å². The van der Waals surface area contributed by atoms with Crippen molar-refractivity contribution < 1.29 is 13.5 Å². The third-order valence-electron chi connectivity index (χ3n) is 1.81. The number of hydrazine groups is 1. The van der Waals surface area contributed by atoms with E-state index in [1.54, 1.807) is 13.0 Å². The first kappa shape index (κ1) is 13.9. The SMILES string of the molecule is C/C=C/C(=N\C=C\NN)Oc1cccc(F)c1F. The smallest absolute Gasteiger partial charge is 0.219 e. The molecule has 96 valence electrons. The molecule has 0 bridgehead atoms. The molecule has 0 fully saturated rings. The molecule has 0 aliphatic heterocycles. The van der Waals surface area contributed by atoms with Crippen molar-refractivity contribution >= 4 is 5.90 Å². The fourth-order valence-corrected chi connectivity index (χ4v) is 1.08. The lowest BCUT2D eigenvalue weighted by molar-refractivity contribution is 0.449. The molecular formula is C12H13F2N3O. The van der Waals surface area contributed by atoms with Gasteiger partial charge >= 0.3 is 0 Å². The number of hydrogen-bond acceptors (Lipinski definition) is 4. The van der Waals surface area contributed by atoms with Crippen molar-refractivity contribution in [3.63, 3.8) is 0 Å². The summed E-state index contributed by atoms with van der Waals surface area (Å²) in [5, 5.41) is 0. The van der Waals surface area contributed by atoms with Crippen LogP contribution in [0.4, 0.5) is 8.78 Å². The van der Waals surface area contributed by atoms with Crippen LogP contribution < -0.4 is 16.0 Å². The van der Waals surface area contributed by atoms with E-state index >= 15 is 0 Å². The first-order valence-corrected chi connectivity index (χ1v) is 5.12. The van der Waals surface area contributed by atoms with Gasteiger partial charge in [0, 0.05) is 12.4 Å². The van der Waals surface area contributed by atoms with Gasteiger partial charge in [-0.25, -0.2) is 9.38 Å². The van der Waals surface area contributed by atoms with E-state index < -0.39 is 11.6 Å². The van der Waals surface area contributed by atoms with Crippen LogP contribution in [0.2, 0.25) is 0 Å². The predicted octanol–water partition coefficient (Wildman–Crippen LogP) is 2.25. The van der Waals surface area contributed by atoms with Crippen LogP contribution >= 0.6 is 0 Å². The number of ether oxygens (including phenoxy) is 1. The van der Waals surface area contributed by atoms with Gasteiger partial charge in [0.15, 0.2) is 11.6 Å². The average Bonchev–Trinajstić information content (AvgIpc) is 2.35. The van der Waals surface area contributed by atoms with Gasteiger partial charge in [-0.15, -0.1) is 0 Å². The van der Waals surface area contributed by atoms with Crippen molar-refractivity contribution in [3.8, 4) is 5.75 Å². The number of nitrogens with two attached hydrogens (primary N) is 1. The molecule has 18 heavy (non-hydrogen) atoms. The summed E-state index contributed by atoms with van der Waals surface area (Å²) < 4.78 is 31.5. The second-order valence-electron chi connectivity index (χ2n) is 3.10. The van der Waals surface area contributed by atoms with E-state index in [4.69, 9.17) is 10.6 Å². The largest absolute Gasteiger partial charge is 0.436 e. The molecule has 0 atom stereocenters. The molecule has 3 N–H and O–H groups in total. The lowest BCUT2D eigenvalue weighted by Crippen LogP contribution is -2.13. The molecule has 0 heterocycles. The molecule has 0 aliphatic carbocycles. The van der Waals surface area contributed by atoms with E-state index in [2.05, 4.69) is 10.4 Å². The Bertz CT molecular complexity index is 484. The summed E-state index contributed by atoms with van der Waals surface area (Å²) in [7, 11) is 0. The number of benzene rings is 1. The number of rotatable bonds is 4. The summed E-state index contributed by atoms with van der Waals surface area (Å²) in [5.41, 5.74) is 2.25. The Morgan fingerprint density at radius 1 is 1.44 bits per heavy atom. The Labute approximate surface area is 103 Å². The Morgan fingerprint density at radius 3 is 2.89 bits per heavy atom. The fourth-order valence-electron chi connectivity index (χ4n) is 1.08. The van der Waals surface area contributed by atoms with Crippen molar-refractivity contribution in [1.29, 1.82) is 0 Å². The fraction of sp³-hybridized carbons (Fsp3) is 0.0833. The van der Waals surface area contributed by atoms with Gasteiger partial charge < -0.3 is 10.2 Å². The van der Waals surface area contributed by atoms with E-state index in [0.717, 1.165) is 6.07 Å². The van der Waals surface area contributed by atoms with Crippen LogP contribution in [0.25, 0.3) is 0 Å². The Kier molecular flexibility index (Phi) is 5.53. The minimum Gasteiger partial charge on any atom is -0.436 e. The van der Waals surface area contributed by atoms with Crippen LogP contribution in [0.15, 0.2) is 47.7 Å². The highest BCUT2D eigenvalue weighted by molar-refractivity contribution is 5.89. The normalized spacial score (nSPS) is 12.3. The summed E-state index contributed by atoms with van der Waals surface area (Å²) in [6, 6.07) is 3.66. The van der Waals surface area contributed by atoms with Gasteiger partial charge in [-0.1, -0.05) is 12.1 Å². The lowest BCUT2D eigenvalue weighted by atomic mass is 10.3. The summed E-state index contributed by atoms with van der Waals surface area (Å²) >= 11 is 0. The highest BCUT2D eigenvalue weighted by atomic mass is 19.2. The van der Waals surface area contributed by atoms with Gasteiger partial charge in [0.25, 0.3) is 0 Å². The molecule has 1 aromatic rings. The summed E-state index contributed by atoms with van der Waals surface area (Å²) in [5.74, 6) is 2.84. The van der Waals surface area contributed by atoms with Gasteiger partial charge in [0.05, 0.1) is 0 Å². The molecule has 1 aromatic carbocycles. The molecule has 0 amide bonds. The highest BCUT2D eigenvalue weighted by Gasteiger charge is 2.10. The summed E-state index contributed by atoms with van der Waals surface area (Å²) in [6.07, 6.45) is 5.84. The number of halogens is 2. The second kappa shape index (κ2) is 7.18. The topological polar surface area (TPSA) is 59.6 Å². The molecule has 0 spiro atoms. The number of hydrogen-bond donors (Lipinski definition) is 2. The van der Waals surface area contributed by atoms with Crippen molar-refractivity contribution in [2.45, 2.75) is 6.92 Å². The molecule has 0 unspecified atom stereocenters. The van der Waals surface area contributed by atoms with Gasteiger partial charge in [-0.3, -0.25) is 5.84 Å². The van der Waals surface area contributed by atoms with Gasteiger partial charge in [0.1, 0.15) is 0 Å². The molecule has 4 nitrogen and oxygen atoms in total. The van der Waals surface area contributed by atoms with E-state index in [1.165, 1.54) is 30.6 Å². The number of nitrogens with zero attached hydrogens (tertiary/aromatic N) is 1. The molecule has 6 heteroatoms. The van der Waals surface area contributed by atoms with Crippen molar-refractivity contribution in [3.05, 3.63) is 54.4 Å². The first-order chi connectivity index (χ1) is 8.69. The Balaban J connectivity index is 2.93. The minimum absolute atomic E-state index is 0.105. The van der Waals surface area contributed by atoms with E-state index in [1.807, 2.05) is 0 Å². The van der Waals surface area contributed by atoms with Crippen LogP contribution in [0.1, 0.15) is 6.92 Å². The third kappa shape index (κ3) is 3.99. The first-order valence-electron chi connectivity index (χ1n) is 5.12. The van der Waals surface area contributed by atoms with Crippen LogP contribution in [-0.2, 0) is 0 Å². The molecule has 0 saturated heterocycles. The van der Waals surface area contributed by atoms with E-state index in [0.29, 0.717) is 0 Å². The maximum atomic E-state index is 13.4. The minimum atomic E-state index is -1.06. The third-order valence-corrected chi connectivity index (χ3v) is 1.81. The van der Waals surface area contributed by atoms with E-state index in [-0.39, 0.29) is 11.6 Å². The van der Waals surface area contributed by atoms with Crippen molar-refractivity contribution in [1.82, 2.24) is 5.43 Å². The average molecular weight is 253 g/mol. The molecule has 0 aromatic heterocycles. The lowest BCUT2D eigenvalue weighted by Gasteiger charge is -2.06. The number of aliphatic imine (C=N–C) groups is 1. The molecule has 0 radical (unpaired) electrons. The molecular weight excluding hydrogens is 240 g/mol. The standard InChI is InChI=1S/C12H13F2N3O/c1-2-4-11(16-7-8-17-15)18-10-6-3-5-9(13)12(10)14/h2-8,17H,15H2,1H3/b4-2+,8-7+,16-11+. The second-order valence-corrected chi connectivity index (χ2v) is 3.10. The number of nitrogens with one attached hydrogen (secondary N) is 1. The summed E-state index contributed by atoms with van der Waals surface area (Å²) in [6.45, 7) is 1.74. The highest BCUT2D eigenvalue weighted by Crippen LogP contribution is 2.19. The van der Waals surface area contributed by atoms with Gasteiger partial charge in [0.2, 0.25) is 11.7 Å². The maximum Gasteiger partial charge on any atom is 0.219 e. The van der Waals surface area contributed by atoms with Crippen molar-refractivity contribution in [2.75, 3.05) is 0 Å². The Morgan fingerprint density at radius 2 is 2.22 bits per heavy atom. The zero-order valence-electron chi connectivity index (χ0n) is 9.73. The Hall–Kier alpha value is -2.21. The van der Waals surface area contributed by atoms with Gasteiger partial charge in [-0.2, -0.15) is 4.39 Å².